The fourth-order valence-corrected chi connectivity index (χ4v) is 6.05. The zero-order valence-corrected chi connectivity index (χ0v) is 19.2. The van der Waals surface area contributed by atoms with Crippen molar-refractivity contribution in [2.24, 2.45) is 16.7 Å². The molecule has 7 atom stereocenters. The van der Waals surface area contributed by atoms with Gasteiger partial charge in [-0.05, 0) is 60.2 Å². The number of rotatable bonds is 4. The van der Waals surface area contributed by atoms with Crippen LogP contribution in [0.5, 0.6) is 0 Å². The van der Waals surface area contributed by atoms with Crippen molar-refractivity contribution in [1.29, 1.82) is 0 Å². The summed E-state index contributed by atoms with van der Waals surface area (Å²) in [6.07, 6.45) is 3.93. The molecular formula is C25H38O6. The summed E-state index contributed by atoms with van der Waals surface area (Å²) < 4.78 is 11.9. The number of aliphatic hydroxyl groups is 4. The number of ether oxygens (including phenoxy) is 2. The molecule has 0 amide bonds. The molecule has 0 bridgehead atoms. The summed E-state index contributed by atoms with van der Waals surface area (Å²) in [5.74, 6) is 0.476. The Labute approximate surface area is 185 Å². The predicted molar refractivity (Wildman–Crippen MR) is 117 cm³/mol. The van der Waals surface area contributed by atoms with Crippen molar-refractivity contribution in [3.63, 3.8) is 0 Å². The molecule has 0 aromatic rings. The monoisotopic (exact) mass is 434 g/mol. The Morgan fingerprint density at radius 3 is 2.52 bits per heavy atom. The summed E-state index contributed by atoms with van der Waals surface area (Å²) >= 11 is 0. The first-order valence-electron chi connectivity index (χ1n) is 11.7. The summed E-state index contributed by atoms with van der Waals surface area (Å²) in [6.45, 7) is 8.99. The van der Waals surface area contributed by atoms with Gasteiger partial charge in [0.2, 0.25) is 0 Å². The lowest BCUT2D eigenvalue weighted by Crippen LogP contribution is -2.56. The second-order valence-corrected chi connectivity index (χ2v) is 10.7. The molecule has 174 valence electrons. The first kappa shape index (κ1) is 23.1. The second kappa shape index (κ2) is 8.40. The van der Waals surface area contributed by atoms with Crippen LogP contribution in [-0.4, -0.2) is 64.3 Å². The molecule has 1 heterocycles. The van der Waals surface area contributed by atoms with E-state index in [4.69, 9.17) is 9.47 Å². The van der Waals surface area contributed by atoms with Crippen LogP contribution < -0.4 is 0 Å². The van der Waals surface area contributed by atoms with Crippen LogP contribution in [-0.2, 0) is 9.47 Å². The van der Waals surface area contributed by atoms with Crippen LogP contribution in [0.2, 0.25) is 0 Å². The standard InChI is InChI=1S/C25H38O6/c1-14(2)16-7-8-24(3)9-10-25(4)17(20(16)24)6-5-15(12-26)11-19(25)31-23-22(29)21(28)18(27)13-30-23/h5-6,14,18-19,21-23,26-29H,7-13H2,1-4H3/t18-,19+,21+,22-,23+,24-,25-/m1/s1. The number of fused-ring (bicyclic) bond motifs is 3. The van der Waals surface area contributed by atoms with Gasteiger partial charge in [0, 0.05) is 5.41 Å². The van der Waals surface area contributed by atoms with Gasteiger partial charge in [-0.25, -0.2) is 0 Å². The maximum Gasteiger partial charge on any atom is 0.186 e. The van der Waals surface area contributed by atoms with Crippen molar-refractivity contribution < 1.29 is 29.9 Å². The summed E-state index contributed by atoms with van der Waals surface area (Å²) in [4.78, 5) is 0. The summed E-state index contributed by atoms with van der Waals surface area (Å²) in [5, 5.41) is 40.3. The highest BCUT2D eigenvalue weighted by Crippen LogP contribution is 2.62. The molecule has 4 aliphatic rings. The molecule has 4 N–H and O–H groups in total. The minimum Gasteiger partial charge on any atom is -0.392 e. The molecule has 0 radical (unpaired) electrons. The first-order valence-corrected chi connectivity index (χ1v) is 11.7. The Bertz CT molecular complexity index is 798. The number of hydrogen-bond donors (Lipinski definition) is 4. The zero-order chi connectivity index (χ0) is 22.6. The third-order valence-corrected chi connectivity index (χ3v) is 8.25. The van der Waals surface area contributed by atoms with Gasteiger partial charge < -0.3 is 29.9 Å². The highest BCUT2D eigenvalue weighted by Gasteiger charge is 2.53. The van der Waals surface area contributed by atoms with E-state index in [2.05, 4.69) is 33.8 Å². The Hall–Kier alpha value is -1.02. The van der Waals surface area contributed by atoms with Gasteiger partial charge in [-0.15, -0.1) is 0 Å². The number of aliphatic hydroxyl groups excluding tert-OH is 4. The quantitative estimate of drug-likeness (QED) is 0.543. The molecule has 31 heavy (non-hydrogen) atoms. The first-order chi connectivity index (χ1) is 14.6. The van der Waals surface area contributed by atoms with Crippen LogP contribution in [0.4, 0.5) is 0 Å². The van der Waals surface area contributed by atoms with Crippen molar-refractivity contribution in [2.45, 2.75) is 90.5 Å². The molecular weight excluding hydrogens is 396 g/mol. The van der Waals surface area contributed by atoms with Gasteiger partial charge in [-0.3, -0.25) is 0 Å². The molecule has 2 fully saturated rings. The van der Waals surface area contributed by atoms with E-state index in [0.29, 0.717) is 12.3 Å². The highest BCUT2D eigenvalue weighted by atomic mass is 16.7. The SMILES string of the molecule is CC(C)C1=C2C3=CC=C(CO)C[C@H](O[C@@H]4OC[C@@H](O)[C@H](O)[C@H]4O)[C@]3(C)CC[C@@]2(C)CC1. The van der Waals surface area contributed by atoms with Crippen LogP contribution in [0.15, 0.2) is 34.4 Å². The van der Waals surface area contributed by atoms with Crippen molar-refractivity contribution in [3.8, 4) is 0 Å². The van der Waals surface area contributed by atoms with Gasteiger partial charge in [0.1, 0.15) is 18.3 Å². The van der Waals surface area contributed by atoms with E-state index < -0.39 is 24.6 Å². The van der Waals surface area contributed by atoms with Crippen LogP contribution in [0.25, 0.3) is 0 Å². The van der Waals surface area contributed by atoms with E-state index in [0.717, 1.165) is 24.8 Å². The molecule has 3 aliphatic carbocycles. The zero-order valence-electron chi connectivity index (χ0n) is 19.2. The van der Waals surface area contributed by atoms with Gasteiger partial charge in [0.05, 0.1) is 19.3 Å². The lowest BCUT2D eigenvalue weighted by atomic mass is 9.57. The predicted octanol–water partition coefficient (Wildman–Crippen LogP) is 2.61. The average molecular weight is 435 g/mol. The van der Waals surface area contributed by atoms with Gasteiger partial charge in [-0.1, -0.05) is 45.4 Å². The Kier molecular flexibility index (Phi) is 6.27. The van der Waals surface area contributed by atoms with Gasteiger partial charge in [0.15, 0.2) is 6.29 Å². The Morgan fingerprint density at radius 2 is 1.84 bits per heavy atom. The van der Waals surface area contributed by atoms with Crippen molar-refractivity contribution in [3.05, 3.63) is 34.4 Å². The summed E-state index contributed by atoms with van der Waals surface area (Å²) in [7, 11) is 0. The third kappa shape index (κ3) is 3.85. The van der Waals surface area contributed by atoms with Gasteiger partial charge in [0.25, 0.3) is 0 Å². The van der Waals surface area contributed by atoms with Gasteiger partial charge in [-0.2, -0.15) is 0 Å². The van der Waals surface area contributed by atoms with E-state index in [1.807, 2.05) is 6.08 Å². The van der Waals surface area contributed by atoms with Crippen LogP contribution >= 0.6 is 0 Å². The number of allylic oxidation sites excluding steroid dienone is 4. The van der Waals surface area contributed by atoms with E-state index >= 15 is 0 Å². The maximum atomic E-state index is 10.5. The molecule has 0 aromatic heterocycles. The van der Waals surface area contributed by atoms with Crippen molar-refractivity contribution >= 4 is 0 Å². The highest BCUT2D eigenvalue weighted by molar-refractivity contribution is 5.52. The molecule has 1 saturated carbocycles. The fourth-order valence-electron chi connectivity index (χ4n) is 6.05. The largest absolute Gasteiger partial charge is 0.392 e. The van der Waals surface area contributed by atoms with E-state index in [1.165, 1.54) is 23.1 Å². The maximum absolute atomic E-state index is 10.5. The summed E-state index contributed by atoms with van der Waals surface area (Å²) in [5.41, 5.74) is 4.99. The van der Waals surface area contributed by atoms with Crippen molar-refractivity contribution in [2.75, 3.05) is 13.2 Å². The topological polar surface area (TPSA) is 99.4 Å². The molecule has 4 rings (SSSR count). The smallest absolute Gasteiger partial charge is 0.186 e. The molecule has 0 spiro atoms. The molecule has 0 unspecified atom stereocenters. The molecule has 6 heteroatoms. The summed E-state index contributed by atoms with van der Waals surface area (Å²) in [6, 6.07) is 0. The minimum atomic E-state index is -1.32. The lowest BCUT2D eigenvalue weighted by Gasteiger charge is -2.50. The minimum absolute atomic E-state index is 0.0531. The Balaban J connectivity index is 1.73. The van der Waals surface area contributed by atoms with E-state index in [9.17, 15) is 20.4 Å². The van der Waals surface area contributed by atoms with Crippen molar-refractivity contribution in [1.82, 2.24) is 0 Å². The van der Waals surface area contributed by atoms with Crippen LogP contribution in [0, 0.1) is 16.7 Å². The number of hydrogen-bond acceptors (Lipinski definition) is 6. The third-order valence-electron chi connectivity index (χ3n) is 8.25. The van der Waals surface area contributed by atoms with Gasteiger partial charge >= 0.3 is 0 Å². The molecule has 6 nitrogen and oxygen atoms in total. The fraction of sp³-hybridized carbons (Fsp3) is 0.760. The normalized spacial score (nSPS) is 43.3. The molecule has 1 aliphatic heterocycles. The van der Waals surface area contributed by atoms with E-state index in [1.54, 1.807) is 0 Å². The van der Waals surface area contributed by atoms with Crippen LogP contribution in [0.1, 0.15) is 59.8 Å². The second-order valence-electron chi connectivity index (χ2n) is 10.7. The lowest BCUT2D eigenvalue weighted by molar-refractivity contribution is -0.291. The average Bonchev–Trinajstić information content (AvgIpc) is 3.02. The van der Waals surface area contributed by atoms with Crippen LogP contribution in [0.3, 0.4) is 0 Å². The molecule has 0 aromatic carbocycles. The van der Waals surface area contributed by atoms with E-state index in [-0.39, 0.29) is 30.1 Å². The Morgan fingerprint density at radius 1 is 1.10 bits per heavy atom. The molecule has 1 saturated heterocycles.